The molecule has 1 rings (SSSR count). The molecule has 0 radical (unpaired) electrons. The van der Waals surface area contributed by atoms with Crippen molar-refractivity contribution in [2.45, 2.75) is 45.6 Å². The molecule has 1 aromatic carbocycles. The van der Waals surface area contributed by atoms with Gasteiger partial charge in [-0.3, -0.25) is 0 Å². The van der Waals surface area contributed by atoms with Crippen molar-refractivity contribution in [1.82, 2.24) is 0 Å². The standard InChI is InChI=1S/C15H22O/c1-4-5-6-13-7-9-14(10-8-13)11-12-15(2,3)16/h7-12,16H,4-6H2,1-3H3/b12-11+. The average molecular weight is 218 g/mol. The summed E-state index contributed by atoms with van der Waals surface area (Å²) < 4.78 is 0. The second-order valence-corrected chi connectivity index (χ2v) is 4.83. The molecule has 0 saturated carbocycles. The van der Waals surface area contributed by atoms with E-state index in [9.17, 15) is 5.11 Å². The maximum absolute atomic E-state index is 9.56. The molecule has 0 heterocycles. The largest absolute Gasteiger partial charge is 0.386 e. The highest BCUT2D eigenvalue weighted by molar-refractivity contribution is 5.50. The Labute approximate surface area is 98.8 Å². The smallest absolute Gasteiger partial charge is 0.0774 e. The van der Waals surface area contributed by atoms with Crippen LogP contribution in [0.3, 0.4) is 0 Å². The molecule has 1 N–H and O–H groups in total. The number of unbranched alkanes of at least 4 members (excludes halogenated alkanes) is 1. The number of hydrogen-bond donors (Lipinski definition) is 1. The summed E-state index contributed by atoms with van der Waals surface area (Å²) in [7, 11) is 0. The Bertz CT molecular complexity index is 327. The van der Waals surface area contributed by atoms with Gasteiger partial charge in [0.1, 0.15) is 0 Å². The van der Waals surface area contributed by atoms with Crippen molar-refractivity contribution in [3.05, 3.63) is 41.5 Å². The quantitative estimate of drug-likeness (QED) is 0.796. The van der Waals surface area contributed by atoms with E-state index in [0.717, 1.165) is 12.0 Å². The summed E-state index contributed by atoms with van der Waals surface area (Å²) >= 11 is 0. The van der Waals surface area contributed by atoms with Crippen LogP contribution in [0.15, 0.2) is 30.3 Å². The van der Waals surface area contributed by atoms with Gasteiger partial charge < -0.3 is 5.11 Å². The lowest BCUT2D eigenvalue weighted by atomic mass is 10.0. The Balaban J connectivity index is 2.61. The van der Waals surface area contributed by atoms with Crippen molar-refractivity contribution in [3.63, 3.8) is 0 Å². The molecule has 0 spiro atoms. The van der Waals surface area contributed by atoms with Crippen molar-refractivity contribution in [2.75, 3.05) is 0 Å². The average Bonchev–Trinajstić information content (AvgIpc) is 2.24. The van der Waals surface area contributed by atoms with E-state index >= 15 is 0 Å². The Morgan fingerprint density at radius 1 is 1.19 bits per heavy atom. The van der Waals surface area contributed by atoms with Crippen LogP contribution in [0.5, 0.6) is 0 Å². The first-order valence-corrected chi connectivity index (χ1v) is 6.02. The number of benzene rings is 1. The van der Waals surface area contributed by atoms with Gasteiger partial charge in [0, 0.05) is 0 Å². The fourth-order valence-corrected chi connectivity index (χ4v) is 1.48. The summed E-state index contributed by atoms with van der Waals surface area (Å²) in [6, 6.07) is 8.54. The van der Waals surface area contributed by atoms with Crippen molar-refractivity contribution in [1.29, 1.82) is 0 Å². The molecule has 0 atom stereocenters. The molecule has 1 aromatic rings. The topological polar surface area (TPSA) is 20.2 Å². The number of aryl methyl sites for hydroxylation is 1. The van der Waals surface area contributed by atoms with E-state index in [1.807, 2.05) is 12.2 Å². The fourth-order valence-electron chi connectivity index (χ4n) is 1.48. The summed E-state index contributed by atoms with van der Waals surface area (Å²) in [5.41, 5.74) is 1.80. The van der Waals surface area contributed by atoms with Gasteiger partial charge in [0.15, 0.2) is 0 Å². The lowest BCUT2D eigenvalue weighted by molar-refractivity contribution is 0.134. The predicted octanol–water partition coefficient (Wildman–Crippen LogP) is 3.81. The summed E-state index contributed by atoms with van der Waals surface area (Å²) in [6.07, 6.45) is 7.42. The Kier molecular flexibility index (Phi) is 4.75. The Hall–Kier alpha value is -1.08. The van der Waals surface area contributed by atoms with Crippen LogP contribution in [0.4, 0.5) is 0 Å². The van der Waals surface area contributed by atoms with Gasteiger partial charge in [-0.25, -0.2) is 0 Å². The van der Waals surface area contributed by atoms with Crippen LogP contribution >= 0.6 is 0 Å². The van der Waals surface area contributed by atoms with Crippen LogP contribution in [0.25, 0.3) is 6.08 Å². The molecule has 1 nitrogen and oxygen atoms in total. The summed E-state index contributed by atoms with van der Waals surface area (Å²) in [6.45, 7) is 5.76. The minimum absolute atomic E-state index is 0.735. The summed E-state index contributed by atoms with van der Waals surface area (Å²) in [4.78, 5) is 0. The fraction of sp³-hybridized carbons (Fsp3) is 0.467. The summed E-state index contributed by atoms with van der Waals surface area (Å²) in [5.74, 6) is 0. The van der Waals surface area contributed by atoms with Crippen LogP contribution in [-0.4, -0.2) is 10.7 Å². The van der Waals surface area contributed by atoms with Gasteiger partial charge >= 0.3 is 0 Å². The predicted molar refractivity (Wildman–Crippen MR) is 70.4 cm³/mol. The van der Waals surface area contributed by atoms with Gasteiger partial charge in [-0.05, 0) is 37.8 Å². The second-order valence-electron chi connectivity index (χ2n) is 4.83. The normalized spacial score (nSPS) is 12.2. The van der Waals surface area contributed by atoms with E-state index < -0.39 is 5.60 Å². The van der Waals surface area contributed by atoms with Gasteiger partial charge in [-0.1, -0.05) is 49.8 Å². The van der Waals surface area contributed by atoms with Crippen molar-refractivity contribution >= 4 is 6.08 Å². The van der Waals surface area contributed by atoms with E-state index in [1.54, 1.807) is 13.8 Å². The van der Waals surface area contributed by atoms with Gasteiger partial charge in [0.05, 0.1) is 5.60 Å². The van der Waals surface area contributed by atoms with E-state index in [1.165, 1.54) is 18.4 Å². The SMILES string of the molecule is CCCCc1ccc(/C=C/C(C)(C)O)cc1. The third-order valence-electron chi connectivity index (χ3n) is 2.48. The first kappa shape index (κ1) is 13.0. The van der Waals surface area contributed by atoms with Crippen molar-refractivity contribution < 1.29 is 5.11 Å². The molecular formula is C15H22O. The molecule has 1 heteroatoms. The van der Waals surface area contributed by atoms with Crippen LogP contribution in [-0.2, 0) is 6.42 Å². The maximum Gasteiger partial charge on any atom is 0.0774 e. The molecule has 0 fully saturated rings. The molecule has 0 amide bonds. The molecule has 0 saturated heterocycles. The first-order chi connectivity index (χ1) is 7.51. The summed E-state index contributed by atoms with van der Waals surface area (Å²) in [5, 5.41) is 9.56. The van der Waals surface area contributed by atoms with Gasteiger partial charge in [0.2, 0.25) is 0 Å². The molecule has 16 heavy (non-hydrogen) atoms. The maximum atomic E-state index is 9.56. The van der Waals surface area contributed by atoms with Crippen LogP contribution in [0, 0.1) is 0 Å². The highest BCUT2D eigenvalue weighted by atomic mass is 16.3. The highest BCUT2D eigenvalue weighted by Crippen LogP contribution is 2.11. The van der Waals surface area contributed by atoms with Crippen LogP contribution in [0.2, 0.25) is 0 Å². The van der Waals surface area contributed by atoms with Gasteiger partial charge in [0.25, 0.3) is 0 Å². The third-order valence-corrected chi connectivity index (χ3v) is 2.48. The molecule has 0 aliphatic carbocycles. The van der Waals surface area contributed by atoms with E-state index in [0.29, 0.717) is 0 Å². The third kappa shape index (κ3) is 5.13. The number of rotatable bonds is 5. The lowest BCUT2D eigenvalue weighted by Crippen LogP contribution is -2.13. The van der Waals surface area contributed by atoms with Crippen molar-refractivity contribution in [2.24, 2.45) is 0 Å². The zero-order chi connectivity index (χ0) is 12.0. The zero-order valence-corrected chi connectivity index (χ0v) is 10.5. The Morgan fingerprint density at radius 3 is 2.31 bits per heavy atom. The number of aliphatic hydroxyl groups is 1. The monoisotopic (exact) mass is 218 g/mol. The van der Waals surface area contributed by atoms with Crippen LogP contribution < -0.4 is 0 Å². The van der Waals surface area contributed by atoms with Crippen molar-refractivity contribution in [3.8, 4) is 0 Å². The Morgan fingerprint density at radius 2 is 1.81 bits per heavy atom. The van der Waals surface area contributed by atoms with E-state index in [-0.39, 0.29) is 0 Å². The van der Waals surface area contributed by atoms with Gasteiger partial charge in [-0.15, -0.1) is 0 Å². The first-order valence-electron chi connectivity index (χ1n) is 6.02. The molecule has 0 unspecified atom stereocenters. The molecule has 0 aliphatic rings. The van der Waals surface area contributed by atoms with E-state index in [4.69, 9.17) is 0 Å². The van der Waals surface area contributed by atoms with Gasteiger partial charge in [-0.2, -0.15) is 0 Å². The molecule has 88 valence electrons. The van der Waals surface area contributed by atoms with E-state index in [2.05, 4.69) is 31.2 Å². The molecular weight excluding hydrogens is 196 g/mol. The minimum Gasteiger partial charge on any atom is -0.386 e. The lowest BCUT2D eigenvalue weighted by Gasteiger charge is -2.10. The molecule has 0 bridgehead atoms. The molecule has 0 aliphatic heterocycles. The second kappa shape index (κ2) is 5.86. The highest BCUT2D eigenvalue weighted by Gasteiger charge is 2.05. The zero-order valence-electron chi connectivity index (χ0n) is 10.5. The number of hydrogen-bond acceptors (Lipinski definition) is 1. The minimum atomic E-state index is -0.735. The van der Waals surface area contributed by atoms with Crippen LogP contribution in [0.1, 0.15) is 44.7 Å². The molecule has 0 aromatic heterocycles.